The van der Waals surface area contributed by atoms with Gasteiger partial charge in [-0.3, -0.25) is 0 Å². The number of rotatable bonds is 2. The van der Waals surface area contributed by atoms with Crippen molar-refractivity contribution < 1.29 is 14.3 Å². The van der Waals surface area contributed by atoms with Gasteiger partial charge in [0, 0.05) is 43.3 Å². The summed E-state index contributed by atoms with van der Waals surface area (Å²) in [6.45, 7) is 22.1. The van der Waals surface area contributed by atoms with Gasteiger partial charge in [0.25, 0.3) is 0 Å². The molecule has 0 aromatic heterocycles. The molecule has 0 radical (unpaired) electrons. The summed E-state index contributed by atoms with van der Waals surface area (Å²) in [5.41, 5.74) is 6.00. The van der Waals surface area contributed by atoms with Crippen LogP contribution in [0.15, 0.2) is 0 Å². The predicted molar refractivity (Wildman–Crippen MR) is 129 cm³/mol. The monoisotopic (exact) mass is 443 g/mol. The molecule has 6 nitrogen and oxygen atoms in total. The van der Waals surface area contributed by atoms with Crippen molar-refractivity contribution in [2.45, 2.75) is 78.9 Å². The summed E-state index contributed by atoms with van der Waals surface area (Å²) in [5, 5.41) is 3.56. The minimum absolute atomic E-state index is 0.199. The molecule has 6 heteroatoms. The number of nitrogens with one attached hydrogen (secondary N) is 1. The lowest BCUT2D eigenvalue weighted by molar-refractivity contribution is 0.0240. The van der Waals surface area contributed by atoms with Gasteiger partial charge in [0.2, 0.25) is 0 Å². The summed E-state index contributed by atoms with van der Waals surface area (Å²) >= 11 is 0. The summed E-state index contributed by atoms with van der Waals surface area (Å²) in [5.74, 6) is 2.11. The van der Waals surface area contributed by atoms with E-state index in [1.807, 2.05) is 25.7 Å². The summed E-state index contributed by atoms with van der Waals surface area (Å²) in [4.78, 5) is 16.8. The van der Waals surface area contributed by atoms with Gasteiger partial charge < -0.3 is 24.6 Å². The highest BCUT2D eigenvalue weighted by Gasteiger charge is 2.48. The molecule has 2 unspecified atom stereocenters. The van der Waals surface area contributed by atoms with E-state index in [4.69, 9.17) is 9.47 Å². The van der Waals surface area contributed by atoms with Crippen molar-refractivity contribution in [3.63, 3.8) is 0 Å². The lowest BCUT2D eigenvalue weighted by atomic mass is 9.74. The third-order valence-electron chi connectivity index (χ3n) is 7.50. The number of anilines is 1. The minimum atomic E-state index is -0.463. The highest BCUT2D eigenvalue weighted by molar-refractivity contribution is 5.72. The van der Waals surface area contributed by atoms with Crippen LogP contribution in [0.3, 0.4) is 0 Å². The van der Waals surface area contributed by atoms with Crippen LogP contribution in [0.1, 0.15) is 69.2 Å². The van der Waals surface area contributed by atoms with Gasteiger partial charge >= 0.3 is 6.09 Å². The van der Waals surface area contributed by atoms with E-state index in [9.17, 15) is 4.79 Å². The molecular formula is C26H41N3O3. The van der Waals surface area contributed by atoms with Crippen molar-refractivity contribution in [3.8, 4) is 5.75 Å². The van der Waals surface area contributed by atoms with Crippen LogP contribution in [0.25, 0.3) is 0 Å². The van der Waals surface area contributed by atoms with Crippen molar-refractivity contribution in [2.75, 3.05) is 44.2 Å². The molecule has 0 spiro atoms. The maximum absolute atomic E-state index is 12.5. The molecule has 2 saturated heterocycles. The quantitative estimate of drug-likeness (QED) is 0.728. The number of nitrogens with zero attached hydrogens (tertiary/aromatic N) is 2. The maximum Gasteiger partial charge on any atom is 0.410 e. The van der Waals surface area contributed by atoms with Crippen molar-refractivity contribution in [1.29, 1.82) is 0 Å². The Kier molecular flexibility index (Phi) is 5.89. The van der Waals surface area contributed by atoms with Crippen LogP contribution in [0.5, 0.6) is 5.75 Å². The maximum atomic E-state index is 12.5. The molecular weight excluding hydrogens is 402 g/mol. The number of carbonyl (C=O) groups is 1. The van der Waals surface area contributed by atoms with Crippen molar-refractivity contribution in [2.24, 2.45) is 5.92 Å². The first-order valence-electron chi connectivity index (χ1n) is 12.2. The highest BCUT2D eigenvalue weighted by atomic mass is 16.6. The number of piperazine rings is 1. The van der Waals surface area contributed by atoms with Crippen LogP contribution in [0.2, 0.25) is 0 Å². The first-order chi connectivity index (χ1) is 14.9. The van der Waals surface area contributed by atoms with Gasteiger partial charge in [-0.1, -0.05) is 0 Å². The summed E-state index contributed by atoms with van der Waals surface area (Å²) in [7, 11) is 0. The summed E-state index contributed by atoms with van der Waals surface area (Å²) in [6, 6.07) is 0. The van der Waals surface area contributed by atoms with Crippen LogP contribution in [-0.2, 0) is 4.74 Å². The molecule has 32 heavy (non-hydrogen) atoms. The van der Waals surface area contributed by atoms with Gasteiger partial charge in [-0.05, 0) is 97.5 Å². The minimum Gasteiger partial charge on any atom is -0.487 e. The molecule has 3 aliphatic heterocycles. The topological polar surface area (TPSA) is 54.0 Å². The van der Waals surface area contributed by atoms with E-state index in [-0.39, 0.29) is 11.7 Å². The first-order valence-corrected chi connectivity index (χ1v) is 12.2. The molecule has 3 aliphatic rings. The third kappa shape index (κ3) is 4.07. The van der Waals surface area contributed by atoms with Gasteiger partial charge in [0.1, 0.15) is 17.0 Å². The zero-order valence-corrected chi connectivity index (χ0v) is 21.2. The fourth-order valence-electron chi connectivity index (χ4n) is 5.99. The van der Waals surface area contributed by atoms with Crippen LogP contribution in [0, 0.1) is 26.7 Å². The smallest absolute Gasteiger partial charge is 0.410 e. The third-order valence-corrected chi connectivity index (χ3v) is 7.50. The first kappa shape index (κ1) is 23.2. The standard InChI is InChI=1S/C26H41N3O3/c1-16-17(2)23-20(21(26(7,8)31-23)19-9-10-27-15-19)18(3)22(16)28-11-13-29(14-12-28)24(30)32-25(4,5)6/h19,21,27H,9-15H2,1-8H3. The second-order valence-electron chi connectivity index (χ2n) is 11.4. The lowest BCUT2D eigenvalue weighted by Gasteiger charge is -2.39. The number of carbonyl (C=O) groups excluding carboxylic acids is 1. The van der Waals surface area contributed by atoms with E-state index >= 15 is 0 Å². The second-order valence-corrected chi connectivity index (χ2v) is 11.4. The second kappa shape index (κ2) is 8.12. The number of fused-ring (bicyclic) bond motifs is 1. The Morgan fingerprint density at radius 2 is 1.72 bits per heavy atom. The van der Waals surface area contributed by atoms with E-state index in [1.165, 1.54) is 34.4 Å². The van der Waals surface area contributed by atoms with Gasteiger partial charge in [-0.2, -0.15) is 0 Å². The molecule has 0 saturated carbocycles. The molecule has 178 valence electrons. The molecule has 1 aromatic carbocycles. The molecule has 1 aromatic rings. The van der Waals surface area contributed by atoms with E-state index < -0.39 is 5.60 Å². The fraction of sp³-hybridized carbons (Fsp3) is 0.731. The van der Waals surface area contributed by atoms with Crippen molar-refractivity contribution in [3.05, 3.63) is 22.3 Å². The summed E-state index contributed by atoms with van der Waals surface area (Å²) < 4.78 is 12.2. The van der Waals surface area contributed by atoms with Crippen LogP contribution in [0.4, 0.5) is 10.5 Å². The Bertz CT molecular complexity index is 889. The van der Waals surface area contributed by atoms with Crippen LogP contribution in [-0.4, -0.2) is 61.5 Å². The van der Waals surface area contributed by atoms with E-state index in [0.29, 0.717) is 24.9 Å². The van der Waals surface area contributed by atoms with Gasteiger partial charge in [0.05, 0.1) is 0 Å². The largest absolute Gasteiger partial charge is 0.487 e. The Morgan fingerprint density at radius 3 is 2.28 bits per heavy atom. The van der Waals surface area contributed by atoms with Crippen molar-refractivity contribution in [1.82, 2.24) is 10.2 Å². The number of hydrogen-bond donors (Lipinski definition) is 1. The Hall–Kier alpha value is -1.95. The average molecular weight is 444 g/mol. The molecule has 1 amide bonds. The predicted octanol–water partition coefficient (Wildman–Crippen LogP) is 4.53. The molecule has 0 bridgehead atoms. The molecule has 1 N–H and O–H groups in total. The number of hydrogen-bond acceptors (Lipinski definition) is 5. The van der Waals surface area contributed by atoms with Crippen molar-refractivity contribution >= 4 is 11.8 Å². The fourth-order valence-corrected chi connectivity index (χ4v) is 5.99. The molecule has 4 rings (SSSR count). The zero-order valence-electron chi connectivity index (χ0n) is 21.2. The molecule has 3 heterocycles. The molecule has 0 aliphatic carbocycles. The van der Waals surface area contributed by atoms with Crippen LogP contribution < -0.4 is 15.0 Å². The van der Waals surface area contributed by atoms with Gasteiger partial charge in [-0.15, -0.1) is 0 Å². The van der Waals surface area contributed by atoms with Gasteiger partial charge in [-0.25, -0.2) is 4.79 Å². The van der Waals surface area contributed by atoms with Crippen LogP contribution >= 0.6 is 0 Å². The number of ether oxygens (including phenoxy) is 2. The lowest BCUT2D eigenvalue weighted by Crippen LogP contribution is -2.50. The molecule has 2 atom stereocenters. The van der Waals surface area contributed by atoms with E-state index in [0.717, 1.165) is 31.9 Å². The van der Waals surface area contributed by atoms with Gasteiger partial charge in [0.15, 0.2) is 0 Å². The SMILES string of the molecule is Cc1c(C)c(N2CCN(C(=O)OC(C)(C)C)CC2)c(C)c2c1OC(C)(C)C2C1CCNC1. The Labute approximate surface area is 193 Å². The summed E-state index contributed by atoms with van der Waals surface area (Å²) in [6.07, 6.45) is 0.993. The highest BCUT2D eigenvalue weighted by Crippen LogP contribution is 2.55. The Balaban J connectivity index is 1.63. The Morgan fingerprint density at radius 1 is 1.06 bits per heavy atom. The van der Waals surface area contributed by atoms with E-state index in [2.05, 4.69) is 44.8 Å². The molecule has 2 fully saturated rings. The van der Waals surface area contributed by atoms with E-state index in [1.54, 1.807) is 0 Å². The number of amides is 1. The zero-order chi connectivity index (χ0) is 23.4. The average Bonchev–Trinajstić information content (AvgIpc) is 3.30. The number of benzene rings is 1. The normalized spacial score (nSPS) is 25.0.